The number of nitrogens with one attached hydrogen (secondary N) is 1. The maximum absolute atomic E-state index is 13.9. The lowest BCUT2D eigenvalue weighted by atomic mass is 10.1. The Bertz CT molecular complexity index is 1140. The highest BCUT2D eigenvalue weighted by Crippen LogP contribution is 2.27. The van der Waals surface area contributed by atoms with Crippen LogP contribution in [0.5, 0.6) is 0 Å². The molecule has 1 heterocycles. The topological polar surface area (TPSA) is 102 Å². The normalized spacial score (nSPS) is 11.4. The second kappa shape index (κ2) is 6.98. The molecule has 1 amide bonds. The number of aryl methyl sites for hydroxylation is 1. The fourth-order valence-corrected chi connectivity index (χ4v) is 3.19. The van der Waals surface area contributed by atoms with Crippen molar-refractivity contribution >= 4 is 21.6 Å². The van der Waals surface area contributed by atoms with E-state index in [2.05, 4.69) is 5.32 Å². The second-order valence-electron chi connectivity index (χ2n) is 6.06. The maximum Gasteiger partial charge on any atom is 0.291 e. The summed E-state index contributed by atoms with van der Waals surface area (Å²) in [4.78, 5) is 12.4. The summed E-state index contributed by atoms with van der Waals surface area (Å²) in [5.41, 5.74) is 1.88. The quantitative estimate of drug-likeness (QED) is 0.713. The first-order valence-electron chi connectivity index (χ1n) is 7.97. The zero-order valence-electron chi connectivity index (χ0n) is 14.6. The molecule has 0 fully saturated rings. The first kappa shape index (κ1) is 18.8. The van der Waals surface area contributed by atoms with E-state index in [1.165, 1.54) is 30.3 Å². The van der Waals surface area contributed by atoms with Crippen molar-refractivity contribution in [3.63, 3.8) is 0 Å². The number of nitrogens with two attached hydrogens (primary N) is 1. The van der Waals surface area contributed by atoms with Gasteiger partial charge in [-0.15, -0.1) is 0 Å². The molecule has 140 valence electrons. The Kier molecular flexibility index (Phi) is 4.86. The lowest BCUT2D eigenvalue weighted by Crippen LogP contribution is -2.16. The summed E-state index contributed by atoms with van der Waals surface area (Å²) in [5, 5.41) is 7.79. The molecule has 8 heteroatoms. The molecule has 0 atom stereocenters. The van der Waals surface area contributed by atoms with Crippen molar-refractivity contribution in [2.24, 2.45) is 5.14 Å². The summed E-state index contributed by atoms with van der Waals surface area (Å²) >= 11 is 0. The number of amides is 1. The third-order valence-electron chi connectivity index (χ3n) is 4.19. The largest absolute Gasteiger partial charge is 0.451 e. The van der Waals surface area contributed by atoms with Gasteiger partial charge in [-0.05, 0) is 61.4 Å². The number of halogens is 1. The molecule has 3 N–H and O–H groups in total. The Morgan fingerprint density at radius 2 is 1.81 bits per heavy atom. The highest BCUT2D eigenvalue weighted by Gasteiger charge is 2.18. The highest BCUT2D eigenvalue weighted by atomic mass is 32.2. The number of rotatable bonds is 4. The van der Waals surface area contributed by atoms with Crippen LogP contribution in [0.1, 0.15) is 21.7 Å². The lowest BCUT2D eigenvalue weighted by Gasteiger charge is -2.12. The summed E-state index contributed by atoms with van der Waals surface area (Å²) < 4.78 is 42.5. The molecule has 0 bridgehead atoms. The summed E-state index contributed by atoms with van der Waals surface area (Å²) in [7, 11) is -3.92. The van der Waals surface area contributed by atoms with Crippen LogP contribution in [0.2, 0.25) is 0 Å². The number of carbonyl (C=O) groups is 1. The van der Waals surface area contributed by atoms with Crippen LogP contribution in [0.25, 0.3) is 11.3 Å². The van der Waals surface area contributed by atoms with E-state index < -0.39 is 21.7 Å². The van der Waals surface area contributed by atoms with Gasteiger partial charge >= 0.3 is 0 Å². The number of hydrogen-bond acceptors (Lipinski definition) is 4. The molecular formula is C19H17FN2O4S. The summed E-state index contributed by atoms with van der Waals surface area (Å²) in [6.45, 7) is 3.45. The zero-order valence-corrected chi connectivity index (χ0v) is 15.4. The van der Waals surface area contributed by atoms with Crippen molar-refractivity contribution in [1.29, 1.82) is 0 Å². The third kappa shape index (κ3) is 3.91. The van der Waals surface area contributed by atoms with Crippen LogP contribution in [0.15, 0.2) is 57.8 Å². The molecule has 0 aliphatic rings. The number of primary sulfonamides is 1. The number of furan rings is 1. The third-order valence-corrected chi connectivity index (χ3v) is 5.08. The number of carbonyl (C=O) groups excluding carboxylic acids is 1. The van der Waals surface area contributed by atoms with Crippen molar-refractivity contribution < 1.29 is 22.0 Å². The van der Waals surface area contributed by atoms with Gasteiger partial charge in [0.25, 0.3) is 5.91 Å². The molecule has 1 aromatic heterocycles. The van der Waals surface area contributed by atoms with Crippen LogP contribution in [0.3, 0.4) is 0 Å². The van der Waals surface area contributed by atoms with Crippen LogP contribution in [0.4, 0.5) is 10.1 Å². The number of benzene rings is 2. The van der Waals surface area contributed by atoms with E-state index in [9.17, 15) is 17.6 Å². The van der Waals surface area contributed by atoms with Gasteiger partial charge in [0, 0.05) is 5.69 Å². The Labute approximate surface area is 155 Å². The van der Waals surface area contributed by atoms with E-state index in [-0.39, 0.29) is 22.0 Å². The number of hydrogen-bond donors (Lipinski definition) is 2. The maximum atomic E-state index is 13.9. The predicted molar refractivity (Wildman–Crippen MR) is 99.3 cm³/mol. The van der Waals surface area contributed by atoms with E-state index in [1.54, 1.807) is 32.0 Å². The SMILES string of the molecule is Cc1cc(S(N)(=O)=O)cc(NC(=O)c2ccc(-c3ccccc3F)o2)c1C. The van der Waals surface area contributed by atoms with Gasteiger partial charge in [-0.25, -0.2) is 17.9 Å². The Morgan fingerprint density at radius 3 is 2.48 bits per heavy atom. The van der Waals surface area contributed by atoms with Gasteiger partial charge < -0.3 is 9.73 Å². The minimum absolute atomic E-state index is 0.0358. The van der Waals surface area contributed by atoms with Gasteiger partial charge in [0.2, 0.25) is 10.0 Å². The average molecular weight is 388 g/mol. The van der Waals surface area contributed by atoms with E-state index in [0.717, 1.165) is 0 Å². The first-order valence-corrected chi connectivity index (χ1v) is 9.51. The molecule has 0 spiro atoms. The average Bonchev–Trinajstić information content (AvgIpc) is 3.08. The monoisotopic (exact) mass is 388 g/mol. The fourth-order valence-electron chi connectivity index (χ4n) is 2.57. The second-order valence-corrected chi connectivity index (χ2v) is 7.62. The van der Waals surface area contributed by atoms with Crippen LogP contribution in [-0.4, -0.2) is 14.3 Å². The number of anilines is 1. The lowest BCUT2D eigenvalue weighted by molar-refractivity contribution is 0.0997. The van der Waals surface area contributed by atoms with E-state index in [4.69, 9.17) is 9.56 Å². The smallest absolute Gasteiger partial charge is 0.291 e. The van der Waals surface area contributed by atoms with Crippen molar-refractivity contribution in [2.75, 3.05) is 5.32 Å². The molecule has 0 aliphatic carbocycles. The molecule has 27 heavy (non-hydrogen) atoms. The van der Waals surface area contributed by atoms with Crippen LogP contribution in [0, 0.1) is 19.7 Å². The van der Waals surface area contributed by atoms with E-state index in [1.807, 2.05) is 0 Å². The summed E-state index contributed by atoms with van der Waals surface area (Å²) in [5.74, 6) is -0.881. The molecule has 0 aliphatic heterocycles. The van der Waals surface area contributed by atoms with Gasteiger partial charge in [0.15, 0.2) is 5.76 Å². The first-order chi connectivity index (χ1) is 12.7. The van der Waals surface area contributed by atoms with E-state index >= 15 is 0 Å². The Balaban J connectivity index is 1.91. The molecular weight excluding hydrogens is 371 g/mol. The van der Waals surface area contributed by atoms with Gasteiger partial charge in [0.1, 0.15) is 11.6 Å². The molecule has 0 unspecified atom stereocenters. The van der Waals surface area contributed by atoms with Crippen LogP contribution in [-0.2, 0) is 10.0 Å². The van der Waals surface area contributed by atoms with Crippen molar-refractivity contribution in [3.05, 3.63) is 71.2 Å². The van der Waals surface area contributed by atoms with E-state index in [0.29, 0.717) is 16.8 Å². The minimum Gasteiger partial charge on any atom is -0.451 e. The summed E-state index contributed by atoms with van der Waals surface area (Å²) in [6, 6.07) is 11.7. The van der Waals surface area contributed by atoms with Crippen LogP contribution >= 0.6 is 0 Å². The molecule has 6 nitrogen and oxygen atoms in total. The van der Waals surface area contributed by atoms with Crippen molar-refractivity contribution in [3.8, 4) is 11.3 Å². The molecule has 0 saturated heterocycles. The minimum atomic E-state index is -3.92. The van der Waals surface area contributed by atoms with Gasteiger partial charge in [-0.3, -0.25) is 4.79 Å². The van der Waals surface area contributed by atoms with Crippen molar-refractivity contribution in [2.45, 2.75) is 18.7 Å². The van der Waals surface area contributed by atoms with Gasteiger partial charge in [0.05, 0.1) is 10.5 Å². The zero-order chi connectivity index (χ0) is 19.8. The Hall–Kier alpha value is -2.97. The Morgan fingerprint density at radius 1 is 1.11 bits per heavy atom. The van der Waals surface area contributed by atoms with Crippen molar-refractivity contribution in [1.82, 2.24) is 0 Å². The van der Waals surface area contributed by atoms with Gasteiger partial charge in [-0.2, -0.15) is 0 Å². The molecule has 0 saturated carbocycles. The molecule has 3 rings (SSSR count). The highest BCUT2D eigenvalue weighted by molar-refractivity contribution is 7.89. The fraction of sp³-hybridized carbons (Fsp3) is 0.105. The molecule has 3 aromatic rings. The molecule has 2 aromatic carbocycles. The number of sulfonamides is 1. The van der Waals surface area contributed by atoms with Gasteiger partial charge in [-0.1, -0.05) is 12.1 Å². The predicted octanol–water partition coefficient (Wildman–Crippen LogP) is 3.60. The standard InChI is InChI=1S/C19H17FN2O4S/c1-11-9-13(27(21,24)25)10-16(12(11)2)22-19(23)18-8-7-17(26-18)14-5-3-4-6-15(14)20/h3-10H,1-2H3,(H,22,23)(H2,21,24,25). The van der Waals surface area contributed by atoms with Crippen LogP contribution < -0.4 is 10.5 Å². The molecule has 0 radical (unpaired) electrons. The summed E-state index contributed by atoms with van der Waals surface area (Å²) in [6.07, 6.45) is 0.